The van der Waals surface area contributed by atoms with Crippen LogP contribution in [0.15, 0.2) is 91.1 Å². The number of para-hydroxylation sites is 1. The molecular formula is C22H20N2O2. The van der Waals surface area contributed by atoms with Crippen LogP contribution in [0, 0.1) is 0 Å². The van der Waals surface area contributed by atoms with E-state index >= 15 is 0 Å². The van der Waals surface area contributed by atoms with Gasteiger partial charge in [0.05, 0.1) is 7.11 Å². The SMILES string of the molecule is COc1ccc(C(=O)/C=C/Nc2ccc(Nc3ccccc3)cc2)cc1. The number of ketones is 1. The molecule has 0 unspecified atom stereocenters. The monoisotopic (exact) mass is 344 g/mol. The Hall–Kier alpha value is -3.53. The molecular weight excluding hydrogens is 324 g/mol. The van der Waals surface area contributed by atoms with Crippen LogP contribution in [0.25, 0.3) is 0 Å². The van der Waals surface area contributed by atoms with Gasteiger partial charge in [0.25, 0.3) is 0 Å². The van der Waals surface area contributed by atoms with E-state index in [1.54, 1.807) is 37.6 Å². The summed E-state index contributed by atoms with van der Waals surface area (Å²) in [5, 5.41) is 6.43. The summed E-state index contributed by atoms with van der Waals surface area (Å²) in [6, 6.07) is 24.9. The molecule has 0 saturated carbocycles. The zero-order chi connectivity index (χ0) is 18.2. The third-order valence-electron chi connectivity index (χ3n) is 3.81. The molecule has 2 N–H and O–H groups in total. The standard InChI is InChI=1S/C22H20N2O2/c1-26-21-13-7-17(8-14-21)22(25)15-16-23-18-9-11-20(12-10-18)24-19-5-3-2-4-6-19/h2-16,23-24H,1H3/b16-15+. The van der Waals surface area contributed by atoms with Gasteiger partial charge in [-0.1, -0.05) is 18.2 Å². The van der Waals surface area contributed by atoms with Gasteiger partial charge in [0.2, 0.25) is 0 Å². The van der Waals surface area contributed by atoms with Crippen LogP contribution in [-0.4, -0.2) is 12.9 Å². The summed E-state index contributed by atoms with van der Waals surface area (Å²) in [6.45, 7) is 0. The first-order valence-corrected chi connectivity index (χ1v) is 8.28. The highest BCUT2D eigenvalue weighted by Gasteiger charge is 2.01. The molecule has 0 aromatic heterocycles. The Bertz CT molecular complexity index is 870. The quantitative estimate of drug-likeness (QED) is 0.454. The lowest BCUT2D eigenvalue weighted by molar-refractivity contribution is 0.104. The number of nitrogens with one attached hydrogen (secondary N) is 2. The zero-order valence-electron chi connectivity index (χ0n) is 14.5. The molecule has 3 aromatic rings. The Kier molecular flexibility index (Phi) is 5.68. The van der Waals surface area contributed by atoms with E-state index in [2.05, 4.69) is 10.6 Å². The molecule has 0 saturated heterocycles. The van der Waals surface area contributed by atoms with Gasteiger partial charge in [-0.25, -0.2) is 0 Å². The molecule has 0 spiro atoms. The zero-order valence-corrected chi connectivity index (χ0v) is 14.5. The van der Waals surface area contributed by atoms with Crippen molar-refractivity contribution in [1.29, 1.82) is 0 Å². The summed E-state index contributed by atoms with van der Waals surface area (Å²) in [4.78, 5) is 12.1. The van der Waals surface area contributed by atoms with E-state index in [9.17, 15) is 4.79 Å². The van der Waals surface area contributed by atoms with E-state index < -0.39 is 0 Å². The molecule has 4 heteroatoms. The molecule has 26 heavy (non-hydrogen) atoms. The predicted molar refractivity (Wildman–Crippen MR) is 106 cm³/mol. The second kappa shape index (κ2) is 8.53. The maximum atomic E-state index is 12.1. The third-order valence-corrected chi connectivity index (χ3v) is 3.81. The van der Waals surface area contributed by atoms with Crippen LogP contribution < -0.4 is 15.4 Å². The van der Waals surface area contributed by atoms with Crippen molar-refractivity contribution < 1.29 is 9.53 Å². The molecule has 130 valence electrons. The van der Waals surface area contributed by atoms with Gasteiger partial charge in [-0.3, -0.25) is 4.79 Å². The molecule has 0 amide bonds. The van der Waals surface area contributed by atoms with E-state index in [0.717, 1.165) is 22.8 Å². The minimum atomic E-state index is -0.0671. The van der Waals surface area contributed by atoms with Gasteiger partial charge in [0, 0.05) is 34.9 Å². The maximum absolute atomic E-state index is 12.1. The van der Waals surface area contributed by atoms with Crippen molar-refractivity contribution in [2.45, 2.75) is 0 Å². The Morgan fingerprint density at radius 1 is 0.808 bits per heavy atom. The van der Waals surface area contributed by atoms with Crippen LogP contribution in [0.5, 0.6) is 5.75 Å². The molecule has 4 nitrogen and oxygen atoms in total. The molecule has 0 fully saturated rings. The van der Waals surface area contributed by atoms with Crippen molar-refractivity contribution in [2.75, 3.05) is 17.7 Å². The van der Waals surface area contributed by atoms with Crippen LogP contribution in [0.3, 0.4) is 0 Å². The molecule has 3 rings (SSSR count). The first kappa shape index (κ1) is 17.3. The summed E-state index contributed by atoms with van der Waals surface area (Å²) in [6.07, 6.45) is 3.16. The fourth-order valence-electron chi connectivity index (χ4n) is 2.40. The van der Waals surface area contributed by atoms with Gasteiger partial charge in [-0.15, -0.1) is 0 Å². The van der Waals surface area contributed by atoms with Crippen molar-refractivity contribution in [2.24, 2.45) is 0 Å². The number of allylic oxidation sites excluding steroid dienone is 1. The lowest BCUT2D eigenvalue weighted by atomic mass is 10.1. The molecule has 0 aliphatic heterocycles. The van der Waals surface area contributed by atoms with Crippen molar-refractivity contribution in [3.05, 3.63) is 96.7 Å². The first-order valence-electron chi connectivity index (χ1n) is 8.28. The Morgan fingerprint density at radius 3 is 2.08 bits per heavy atom. The van der Waals surface area contributed by atoms with Crippen molar-refractivity contribution in [1.82, 2.24) is 0 Å². The fourth-order valence-corrected chi connectivity index (χ4v) is 2.40. The minimum absolute atomic E-state index is 0.0671. The summed E-state index contributed by atoms with van der Waals surface area (Å²) in [5.41, 5.74) is 3.56. The molecule has 0 atom stereocenters. The van der Waals surface area contributed by atoms with E-state index in [1.807, 2.05) is 54.6 Å². The average Bonchev–Trinajstić information content (AvgIpc) is 2.70. The van der Waals surface area contributed by atoms with Crippen LogP contribution in [0.1, 0.15) is 10.4 Å². The van der Waals surface area contributed by atoms with Crippen molar-refractivity contribution >= 4 is 22.8 Å². The third kappa shape index (κ3) is 4.74. The number of carbonyl (C=O) groups excluding carboxylic acids is 1. The Balaban J connectivity index is 1.55. The van der Waals surface area contributed by atoms with Crippen molar-refractivity contribution in [3.8, 4) is 5.75 Å². The molecule has 0 aliphatic carbocycles. The summed E-state index contributed by atoms with van der Waals surface area (Å²) >= 11 is 0. The maximum Gasteiger partial charge on any atom is 0.187 e. The number of methoxy groups -OCH3 is 1. The largest absolute Gasteiger partial charge is 0.497 e. The molecule has 0 radical (unpaired) electrons. The van der Waals surface area contributed by atoms with Gasteiger partial charge in [-0.2, -0.15) is 0 Å². The topological polar surface area (TPSA) is 50.4 Å². The average molecular weight is 344 g/mol. The lowest BCUT2D eigenvalue weighted by Gasteiger charge is -2.07. The number of hydrogen-bond acceptors (Lipinski definition) is 4. The predicted octanol–water partition coefficient (Wildman–Crippen LogP) is 5.25. The number of hydrogen-bond donors (Lipinski definition) is 2. The second-order valence-electron chi connectivity index (χ2n) is 5.64. The highest BCUT2D eigenvalue weighted by Crippen LogP contribution is 2.18. The lowest BCUT2D eigenvalue weighted by Crippen LogP contribution is -1.96. The van der Waals surface area contributed by atoms with E-state index in [-0.39, 0.29) is 5.78 Å². The first-order chi connectivity index (χ1) is 12.7. The van der Waals surface area contributed by atoms with Crippen LogP contribution in [-0.2, 0) is 0 Å². The Labute approximate surface area is 153 Å². The van der Waals surface area contributed by atoms with Gasteiger partial charge in [0.15, 0.2) is 5.78 Å². The highest BCUT2D eigenvalue weighted by molar-refractivity contribution is 6.04. The number of ether oxygens (including phenoxy) is 1. The van der Waals surface area contributed by atoms with E-state index in [1.165, 1.54) is 6.08 Å². The minimum Gasteiger partial charge on any atom is -0.497 e. The summed E-state index contributed by atoms with van der Waals surface area (Å²) < 4.78 is 5.09. The number of anilines is 3. The molecule has 0 bridgehead atoms. The second-order valence-corrected chi connectivity index (χ2v) is 5.64. The van der Waals surface area contributed by atoms with Crippen LogP contribution in [0.4, 0.5) is 17.1 Å². The summed E-state index contributed by atoms with van der Waals surface area (Å²) in [7, 11) is 1.60. The normalized spacial score (nSPS) is 10.5. The molecule has 0 heterocycles. The number of benzene rings is 3. The van der Waals surface area contributed by atoms with E-state index in [0.29, 0.717) is 5.56 Å². The summed E-state index contributed by atoms with van der Waals surface area (Å²) in [5.74, 6) is 0.662. The van der Waals surface area contributed by atoms with Crippen LogP contribution in [0.2, 0.25) is 0 Å². The Morgan fingerprint density at radius 2 is 1.42 bits per heavy atom. The van der Waals surface area contributed by atoms with Gasteiger partial charge in [-0.05, 0) is 60.7 Å². The van der Waals surface area contributed by atoms with Crippen LogP contribution >= 0.6 is 0 Å². The van der Waals surface area contributed by atoms with Gasteiger partial charge in [0.1, 0.15) is 5.75 Å². The van der Waals surface area contributed by atoms with Crippen molar-refractivity contribution in [3.63, 3.8) is 0 Å². The highest BCUT2D eigenvalue weighted by atomic mass is 16.5. The molecule has 3 aromatic carbocycles. The number of carbonyl (C=O) groups is 1. The fraction of sp³-hybridized carbons (Fsp3) is 0.0455. The molecule has 0 aliphatic rings. The smallest absolute Gasteiger partial charge is 0.187 e. The number of rotatable bonds is 7. The van der Waals surface area contributed by atoms with Gasteiger partial charge < -0.3 is 15.4 Å². The van der Waals surface area contributed by atoms with E-state index in [4.69, 9.17) is 4.74 Å². The van der Waals surface area contributed by atoms with Gasteiger partial charge >= 0.3 is 0 Å².